The molecule has 1 fully saturated rings. The Morgan fingerprint density at radius 3 is 2.38 bits per heavy atom. The Morgan fingerprint density at radius 2 is 1.66 bits per heavy atom. The third-order valence-electron chi connectivity index (χ3n) is 5.68. The third-order valence-corrected chi connectivity index (χ3v) is 6.70. The molecule has 8 nitrogen and oxygen atoms in total. The molecule has 0 bridgehead atoms. The van der Waals surface area contributed by atoms with Crippen molar-refractivity contribution in [3.05, 3.63) is 70.0 Å². The van der Waals surface area contributed by atoms with E-state index in [4.69, 9.17) is 19.8 Å². The van der Waals surface area contributed by atoms with Crippen LogP contribution in [0.5, 0.6) is 0 Å². The first-order valence-corrected chi connectivity index (χ1v) is 11.1. The fraction of sp³-hybridized carbons (Fsp3) is 0.261. The van der Waals surface area contributed by atoms with Gasteiger partial charge in [0.25, 0.3) is 0 Å². The third kappa shape index (κ3) is 4.58. The Morgan fingerprint density at radius 1 is 1.00 bits per heavy atom. The van der Waals surface area contributed by atoms with Gasteiger partial charge in [-0.25, -0.2) is 14.4 Å². The summed E-state index contributed by atoms with van der Waals surface area (Å²) in [7, 11) is 0. The van der Waals surface area contributed by atoms with Crippen LogP contribution in [0.3, 0.4) is 0 Å². The summed E-state index contributed by atoms with van der Waals surface area (Å²) in [5.74, 6) is -3.65. The molecule has 0 aliphatic carbocycles. The van der Waals surface area contributed by atoms with Crippen LogP contribution in [-0.2, 0) is 16.1 Å². The molecule has 4 aromatic rings. The number of para-hydroxylation sites is 2. The Balaban J connectivity index is 0.000000363. The number of aromatic amines is 1. The van der Waals surface area contributed by atoms with Gasteiger partial charge >= 0.3 is 17.6 Å². The molecule has 0 amide bonds. The maximum absolute atomic E-state index is 12.4. The molecule has 0 unspecified atom stereocenters. The molecule has 1 aliphatic heterocycles. The molecular formula is C23H23N3O5S. The summed E-state index contributed by atoms with van der Waals surface area (Å²) in [6, 6.07) is 16.9. The van der Waals surface area contributed by atoms with Crippen molar-refractivity contribution in [2.45, 2.75) is 25.4 Å². The van der Waals surface area contributed by atoms with Crippen molar-refractivity contribution in [2.24, 2.45) is 0 Å². The quantitative estimate of drug-likeness (QED) is 0.409. The Hall–Kier alpha value is -3.43. The average molecular weight is 454 g/mol. The number of H-pyrrole nitrogens is 1. The summed E-state index contributed by atoms with van der Waals surface area (Å²) < 4.78 is 3.33. The number of hydrogen-bond acceptors (Lipinski definition) is 5. The second-order valence-corrected chi connectivity index (χ2v) is 8.60. The van der Waals surface area contributed by atoms with Crippen molar-refractivity contribution >= 4 is 44.4 Å². The first kappa shape index (κ1) is 21.8. The van der Waals surface area contributed by atoms with Crippen LogP contribution in [-0.4, -0.2) is 49.7 Å². The maximum Gasteiger partial charge on any atom is 0.414 e. The van der Waals surface area contributed by atoms with E-state index in [2.05, 4.69) is 39.5 Å². The van der Waals surface area contributed by atoms with Crippen molar-refractivity contribution in [3.8, 4) is 0 Å². The lowest BCUT2D eigenvalue weighted by Crippen LogP contribution is -2.36. The van der Waals surface area contributed by atoms with Crippen molar-refractivity contribution in [1.29, 1.82) is 0 Å². The number of imidazole rings is 1. The first-order valence-electron chi connectivity index (χ1n) is 10.3. The number of nitrogens with one attached hydrogen (secondary N) is 1. The van der Waals surface area contributed by atoms with E-state index in [1.54, 1.807) is 0 Å². The van der Waals surface area contributed by atoms with Gasteiger partial charge in [-0.05, 0) is 47.4 Å². The van der Waals surface area contributed by atoms with E-state index >= 15 is 0 Å². The number of hydrogen-bond donors (Lipinski definition) is 3. The van der Waals surface area contributed by atoms with Gasteiger partial charge in [0.1, 0.15) is 0 Å². The highest BCUT2D eigenvalue weighted by atomic mass is 32.1. The molecule has 2 aromatic carbocycles. The fourth-order valence-corrected chi connectivity index (χ4v) is 5.12. The first-order chi connectivity index (χ1) is 15.4. The molecular weight excluding hydrogens is 430 g/mol. The molecule has 0 spiro atoms. The van der Waals surface area contributed by atoms with E-state index in [0.717, 1.165) is 43.5 Å². The monoisotopic (exact) mass is 453 g/mol. The Bertz CT molecular complexity index is 1300. The van der Waals surface area contributed by atoms with Crippen molar-refractivity contribution in [2.75, 3.05) is 13.1 Å². The number of aromatic nitrogens is 2. The number of benzene rings is 2. The normalized spacial score (nSPS) is 14.9. The molecule has 0 radical (unpaired) electrons. The molecule has 1 aliphatic rings. The molecule has 3 heterocycles. The lowest BCUT2D eigenvalue weighted by Gasteiger charge is -2.32. The zero-order chi connectivity index (χ0) is 22.7. The molecule has 32 heavy (non-hydrogen) atoms. The van der Waals surface area contributed by atoms with Crippen molar-refractivity contribution in [1.82, 2.24) is 14.5 Å². The number of aliphatic carboxylic acids is 2. The summed E-state index contributed by atoms with van der Waals surface area (Å²) in [5.41, 5.74) is 3.41. The number of rotatable bonds is 3. The number of fused-ring (bicyclic) bond motifs is 2. The largest absolute Gasteiger partial charge is 0.473 e. The van der Waals surface area contributed by atoms with Gasteiger partial charge in [-0.3, -0.25) is 9.47 Å². The van der Waals surface area contributed by atoms with E-state index in [0.29, 0.717) is 0 Å². The van der Waals surface area contributed by atoms with E-state index in [9.17, 15) is 4.79 Å². The van der Waals surface area contributed by atoms with Gasteiger partial charge in [-0.1, -0.05) is 30.3 Å². The van der Waals surface area contributed by atoms with Crippen LogP contribution in [0.25, 0.3) is 21.1 Å². The summed E-state index contributed by atoms with van der Waals surface area (Å²) in [6.07, 6.45) is 2.04. The highest BCUT2D eigenvalue weighted by Crippen LogP contribution is 2.29. The highest BCUT2D eigenvalue weighted by Gasteiger charge is 2.24. The summed E-state index contributed by atoms with van der Waals surface area (Å²) in [6.45, 7) is 3.06. The fourth-order valence-electron chi connectivity index (χ4n) is 4.17. The van der Waals surface area contributed by atoms with Crippen LogP contribution >= 0.6 is 11.3 Å². The smallest absolute Gasteiger partial charge is 0.414 e. The molecule has 5 rings (SSSR count). The molecule has 2 aromatic heterocycles. The summed E-state index contributed by atoms with van der Waals surface area (Å²) in [4.78, 5) is 36.1. The zero-order valence-corrected chi connectivity index (χ0v) is 18.0. The average Bonchev–Trinajstić information content (AvgIpc) is 3.35. The molecule has 9 heteroatoms. The Kier molecular flexibility index (Phi) is 6.38. The molecule has 3 N–H and O–H groups in total. The van der Waals surface area contributed by atoms with Gasteiger partial charge in [0.2, 0.25) is 0 Å². The van der Waals surface area contributed by atoms with Crippen molar-refractivity contribution in [3.63, 3.8) is 0 Å². The van der Waals surface area contributed by atoms with E-state index in [-0.39, 0.29) is 11.7 Å². The number of carboxylic acids is 2. The second-order valence-electron chi connectivity index (χ2n) is 7.69. The second kappa shape index (κ2) is 9.37. The lowest BCUT2D eigenvalue weighted by molar-refractivity contribution is -0.159. The lowest BCUT2D eigenvalue weighted by atomic mass is 10.0. The molecule has 1 saturated heterocycles. The highest BCUT2D eigenvalue weighted by molar-refractivity contribution is 7.17. The number of piperidine rings is 1. The van der Waals surface area contributed by atoms with E-state index in [1.165, 1.54) is 15.6 Å². The molecule has 0 atom stereocenters. The number of thiophene rings is 1. The minimum absolute atomic E-state index is 0.0217. The Labute approximate surface area is 187 Å². The number of likely N-dealkylation sites (tertiary alicyclic amines) is 1. The van der Waals surface area contributed by atoms with Gasteiger partial charge in [-0.15, -0.1) is 11.3 Å². The standard InChI is InChI=1S/C21H21N3OS.C2H2O4/c25-21-22-18-6-2-3-7-19(18)24(21)16-9-11-23(12-10-16)13-15-14-26-20-8-4-1-5-17(15)20;3-1(4)2(5)6/h1-8,14,16H,9-13H2,(H,22,25);(H,3,4)(H,5,6). The van der Waals surface area contributed by atoms with Gasteiger partial charge in [0.15, 0.2) is 0 Å². The zero-order valence-electron chi connectivity index (χ0n) is 17.2. The van der Waals surface area contributed by atoms with Crippen molar-refractivity contribution < 1.29 is 19.8 Å². The topological polar surface area (TPSA) is 116 Å². The van der Waals surface area contributed by atoms with Crippen LogP contribution in [0.15, 0.2) is 58.7 Å². The summed E-state index contributed by atoms with van der Waals surface area (Å²) in [5, 5.41) is 18.5. The van der Waals surface area contributed by atoms with Crippen LogP contribution in [0, 0.1) is 0 Å². The van der Waals surface area contributed by atoms with E-state index in [1.807, 2.05) is 40.2 Å². The van der Waals surface area contributed by atoms with E-state index < -0.39 is 11.9 Å². The van der Waals surface area contributed by atoms with Crippen LogP contribution < -0.4 is 5.69 Å². The van der Waals surface area contributed by atoms with Crippen LogP contribution in [0.2, 0.25) is 0 Å². The van der Waals surface area contributed by atoms with Gasteiger partial charge in [0, 0.05) is 30.4 Å². The predicted octanol–water partition coefficient (Wildman–Crippen LogP) is 3.54. The van der Waals surface area contributed by atoms with Gasteiger partial charge in [0.05, 0.1) is 11.0 Å². The minimum atomic E-state index is -1.82. The SMILES string of the molecule is O=C(O)C(=O)O.O=c1[nH]c2ccccc2n1C1CCN(Cc2csc3ccccc23)CC1. The summed E-state index contributed by atoms with van der Waals surface area (Å²) >= 11 is 1.83. The van der Waals surface area contributed by atoms with Gasteiger partial charge < -0.3 is 15.2 Å². The van der Waals surface area contributed by atoms with Crippen LogP contribution in [0.4, 0.5) is 0 Å². The molecule has 0 saturated carbocycles. The van der Waals surface area contributed by atoms with Gasteiger partial charge in [-0.2, -0.15) is 0 Å². The number of carboxylic acid groups (broad SMARTS) is 2. The maximum atomic E-state index is 12.4. The number of nitrogens with zero attached hydrogens (tertiary/aromatic N) is 2. The number of carbonyl (C=O) groups is 2. The van der Waals surface area contributed by atoms with Crippen LogP contribution in [0.1, 0.15) is 24.4 Å². The predicted molar refractivity (Wildman–Crippen MR) is 123 cm³/mol. The molecule has 166 valence electrons. The minimum Gasteiger partial charge on any atom is -0.473 e.